The Bertz CT molecular complexity index is 572. The number of hydrogen-bond donors (Lipinski definition) is 1. The van der Waals surface area contributed by atoms with E-state index < -0.39 is 0 Å². The van der Waals surface area contributed by atoms with Crippen molar-refractivity contribution in [2.24, 2.45) is 0 Å². The molecule has 0 radical (unpaired) electrons. The van der Waals surface area contributed by atoms with Crippen molar-refractivity contribution < 1.29 is 4.92 Å². The molecule has 0 heterocycles. The fourth-order valence-corrected chi connectivity index (χ4v) is 1.84. The highest BCUT2D eigenvalue weighted by Gasteiger charge is 2.11. The van der Waals surface area contributed by atoms with Gasteiger partial charge >= 0.3 is 0 Å². The summed E-state index contributed by atoms with van der Waals surface area (Å²) in [7, 11) is 0. The first-order valence-electron chi connectivity index (χ1n) is 5.39. The molecule has 1 N–H and O–H groups in total. The first-order valence-corrected chi connectivity index (χ1v) is 5.77. The molecule has 0 aromatic heterocycles. The SMILES string of the molecule is O=[N+]([O-])c1ccccc1CNc1ccccc1Cl. The largest absolute Gasteiger partial charge is 0.379 e. The van der Waals surface area contributed by atoms with Crippen LogP contribution in [0.15, 0.2) is 48.5 Å². The number of nitro groups is 1. The van der Waals surface area contributed by atoms with Crippen LogP contribution in [0.25, 0.3) is 0 Å². The van der Waals surface area contributed by atoms with Crippen LogP contribution in [0, 0.1) is 10.1 Å². The Hall–Kier alpha value is -2.07. The van der Waals surface area contributed by atoms with Gasteiger partial charge in [0.25, 0.3) is 5.69 Å². The third-order valence-electron chi connectivity index (χ3n) is 2.53. The quantitative estimate of drug-likeness (QED) is 0.672. The standard InChI is InChI=1S/C13H11ClN2O2/c14-11-6-2-3-7-12(11)15-9-10-5-1-4-8-13(10)16(17)18/h1-8,15H,9H2. The van der Waals surface area contributed by atoms with Gasteiger partial charge in [0, 0.05) is 18.2 Å². The monoisotopic (exact) mass is 262 g/mol. The normalized spacial score (nSPS) is 10.1. The fraction of sp³-hybridized carbons (Fsp3) is 0.0769. The second-order valence-corrected chi connectivity index (χ2v) is 4.13. The topological polar surface area (TPSA) is 55.2 Å². The maximum atomic E-state index is 10.9. The Morgan fingerprint density at radius 3 is 2.50 bits per heavy atom. The summed E-state index contributed by atoms with van der Waals surface area (Å²) in [5.74, 6) is 0. The zero-order valence-corrected chi connectivity index (χ0v) is 10.2. The number of anilines is 1. The molecular formula is C13H11ClN2O2. The summed E-state index contributed by atoms with van der Waals surface area (Å²) >= 11 is 6.00. The van der Waals surface area contributed by atoms with Crippen molar-refractivity contribution >= 4 is 23.0 Å². The minimum atomic E-state index is -0.385. The van der Waals surface area contributed by atoms with Gasteiger partial charge in [-0.3, -0.25) is 10.1 Å². The summed E-state index contributed by atoms with van der Waals surface area (Å²) in [5, 5.41) is 14.5. The molecule has 0 saturated carbocycles. The van der Waals surface area contributed by atoms with Gasteiger partial charge in [-0.15, -0.1) is 0 Å². The lowest BCUT2D eigenvalue weighted by molar-refractivity contribution is -0.385. The molecule has 0 aliphatic carbocycles. The van der Waals surface area contributed by atoms with Crippen LogP contribution in [-0.4, -0.2) is 4.92 Å². The maximum Gasteiger partial charge on any atom is 0.274 e. The van der Waals surface area contributed by atoms with Gasteiger partial charge in [-0.25, -0.2) is 0 Å². The van der Waals surface area contributed by atoms with Gasteiger partial charge in [-0.05, 0) is 12.1 Å². The number of rotatable bonds is 4. The van der Waals surface area contributed by atoms with Gasteiger partial charge in [-0.2, -0.15) is 0 Å². The molecule has 5 heteroatoms. The highest BCUT2D eigenvalue weighted by Crippen LogP contribution is 2.23. The van der Waals surface area contributed by atoms with Crippen molar-refractivity contribution in [2.45, 2.75) is 6.54 Å². The predicted molar refractivity (Wildman–Crippen MR) is 71.9 cm³/mol. The second kappa shape index (κ2) is 5.51. The molecule has 2 aromatic rings. The van der Waals surface area contributed by atoms with Crippen LogP contribution >= 0.6 is 11.6 Å². The third-order valence-corrected chi connectivity index (χ3v) is 2.86. The lowest BCUT2D eigenvalue weighted by atomic mass is 10.2. The molecule has 2 aromatic carbocycles. The molecule has 2 rings (SSSR count). The van der Waals surface area contributed by atoms with E-state index in [0.29, 0.717) is 17.1 Å². The van der Waals surface area contributed by atoms with Crippen LogP contribution in [0.2, 0.25) is 5.02 Å². The van der Waals surface area contributed by atoms with E-state index in [9.17, 15) is 10.1 Å². The minimum absolute atomic E-state index is 0.108. The molecule has 0 unspecified atom stereocenters. The van der Waals surface area contributed by atoms with Crippen LogP contribution in [0.1, 0.15) is 5.56 Å². The smallest absolute Gasteiger partial charge is 0.274 e. The average Bonchev–Trinajstić information content (AvgIpc) is 2.38. The molecule has 0 saturated heterocycles. The second-order valence-electron chi connectivity index (χ2n) is 3.72. The molecule has 0 fully saturated rings. The Morgan fingerprint density at radius 2 is 1.78 bits per heavy atom. The molecule has 92 valence electrons. The van der Waals surface area contributed by atoms with E-state index in [2.05, 4.69) is 5.32 Å². The van der Waals surface area contributed by atoms with E-state index >= 15 is 0 Å². The van der Waals surface area contributed by atoms with Crippen LogP contribution in [0.4, 0.5) is 11.4 Å². The first-order chi connectivity index (χ1) is 8.68. The zero-order valence-electron chi connectivity index (χ0n) is 9.47. The summed E-state index contributed by atoms with van der Waals surface area (Å²) in [6.45, 7) is 0.362. The van der Waals surface area contributed by atoms with Crippen LogP contribution < -0.4 is 5.32 Å². The first kappa shape index (κ1) is 12.4. The third kappa shape index (κ3) is 2.78. The Kier molecular flexibility index (Phi) is 3.79. The van der Waals surface area contributed by atoms with E-state index in [1.54, 1.807) is 24.3 Å². The van der Waals surface area contributed by atoms with Gasteiger partial charge < -0.3 is 5.32 Å². The van der Waals surface area contributed by atoms with Crippen molar-refractivity contribution in [3.8, 4) is 0 Å². The molecule has 18 heavy (non-hydrogen) atoms. The van der Waals surface area contributed by atoms with E-state index in [1.807, 2.05) is 18.2 Å². The summed E-state index contributed by atoms with van der Waals surface area (Å²) in [6.07, 6.45) is 0. The van der Waals surface area contributed by atoms with Crippen LogP contribution in [0.3, 0.4) is 0 Å². The molecule has 0 atom stereocenters. The number of hydrogen-bond acceptors (Lipinski definition) is 3. The minimum Gasteiger partial charge on any atom is -0.379 e. The summed E-state index contributed by atoms with van der Waals surface area (Å²) in [4.78, 5) is 10.5. The average molecular weight is 263 g/mol. The molecule has 0 bridgehead atoms. The number of benzene rings is 2. The number of nitro benzene ring substituents is 1. The van der Waals surface area contributed by atoms with Crippen molar-refractivity contribution in [3.63, 3.8) is 0 Å². The van der Waals surface area contributed by atoms with Gasteiger partial charge in [0.15, 0.2) is 0 Å². The highest BCUT2D eigenvalue weighted by atomic mass is 35.5. The summed E-state index contributed by atoms with van der Waals surface area (Å²) in [6, 6.07) is 13.9. The highest BCUT2D eigenvalue weighted by molar-refractivity contribution is 6.33. The van der Waals surface area contributed by atoms with Gasteiger partial charge in [0.2, 0.25) is 0 Å². The van der Waals surface area contributed by atoms with Crippen molar-refractivity contribution in [2.75, 3.05) is 5.32 Å². The lowest BCUT2D eigenvalue weighted by Crippen LogP contribution is -2.03. The fourth-order valence-electron chi connectivity index (χ4n) is 1.63. The maximum absolute atomic E-state index is 10.9. The number of nitrogens with one attached hydrogen (secondary N) is 1. The number of para-hydroxylation sites is 2. The van der Waals surface area contributed by atoms with Crippen LogP contribution in [-0.2, 0) is 6.54 Å². The summed E-state index contributed by atoms with van der Waals surface area (Å²) in [5.41, 5.74) is 1.50. The van der Waals surface area contributed by atoms with E-state index in [-0.39, 0.29) is 10.6 Å². The van der Waals surface area contributed by atoms with Crippen molar-refractivity contribution in [1.82, 2.24) is 0 Å². The number of halogens is 1. The molecule has 0 amide bonds. The lowest BCUT2D eigenvalue weighted by Gasteiger charge is -2.08. The molecule has 4 nitrogen and oxygen atoms in total. The Balaban J connectivity index is 2.16. The zero-order chi connectivity index (χ0) is 13.0. The predicted octanol–water partition coefficient (Wildman–Crippen LogP) is 3.86. The van der Waals surface area contributed by atoms with Crippen molar-refractivity contribution in [3.05, 3.63) is 69.2 Å². The van der Waals surface area contributed by atoms with Crippen LogP contribution in [0.5, 0.6) is 0 Å². The Morgan fingerprint density at radius 1 is 1.11 bits per heavy atom. The van der Waals surface area contributed by atoms with Crippen molar-refractivity contribution in [1.29, 1.82) is 0 Å². The molecule has 0 aliphatic rings. The summed E-state index contributed by atoms with van der Waals surface area (Å²) < 4.78 is 0. The van der Waals surface area contributed by atoms with E-state index in [1.165, 1.54) is 6.07 Å². The van der Waals surface area contributed by atoms with Gasteiger partial charge in [0.1, 0.15) is 0 Å². The van der Waals surface area contributed by atoms with E-state index in [0.717, 1.165) is 5.69 Å². The molecule has 0 aliphatic heterocycles. The number of nitrogens with zero attached hydrogens (tertiary/aromatic N) is 1. The molecule has 0 spiro atoms. The van der Waals surface area contributed by atoms with E-state index in [4.69, 9.17) is 11.6 Å². The Labute approximate surface area is 109 Å². The molecular weight excluding hydrogens is 252 g/mol. The van der Waals surface area contributed by atoms with Gasteiger partial charge in [-0.1, -0.05) is 41.9 Å². The van der Waals surface area contributed by atoms with Gasteiger partial charge in [0.05, 0.1) is 15.6 Å².